The van der Waals surface area contributed by atoms with E-state index in [1.807, 2.05) is 37.7 Å². The van der Waals surface area contributed by atoms with Crippen LogP contribution in [-0.4, -0.2) is 46.3 Å². The van der Waals surface area contributed by atoms with Crippen LogP contribution in [0.15, 0.2) is 29.3 Å². The zero-order valence-electron chi connectivity index (χ0n) is 16.9. The zero-order chi connectivity index (χ0) is 18.9. The number of guanidine groups is 1. The molecule has 0 amide bonds. The zero-order valence-corrected chi connectivity index (χ0v) is 19.2. The van der Waals surface area contributed by atoms with Crippen molar-refractivity contribution in [2.45, 2.75) is 39.8 Å². The van der Waals surface area contributed by atoms with Gasteiger partial charge in [-0.15, -0.1) is 34.2 Å². The van der Waals surface area contributed by atoms with Crippen molar-refractivity contribution in [3.05, 3.63) is 41.5 Å². The summed E-state index contributed by atoms with van der Waals surface area (Å²) in [4.78, 5) is 6.88. The third-order valence-corrected chi connectivity index (χ3v) is 4.31. The molecule has 0 aliphatic heterocycles. The fraction of sp³-hybridized carbons (Fsp3) is 0.526. The molecule has 0 aliphatic rings. The molecule has 0 aliphatic carbocycles. The summed E-state index contributed by atoms with van der Waals surface area (Å²) in [5.74, 6) is 3.48. The Labute approximate surface area is 179 Å². The fourth-order valence-corrected chi connectivity index (χ4v) is 2.50. The van der Waals surface area contributed by atoms with Crippen LogP contribution in [-0.2, 0) is 20.1 Å². The summed E-state index contributed by atoms with van der Waals surface area (Å²) in [7, 11) is 5.69. The lowest BCUT2D eigenvalue weighted by molar-refractivity contribution is 0.414. The van der Waals surface area contributed by atoms with Crippen LogP contribution >= 0.6 is 24.0 Å². The Balaban J connectivity index is 0.00000364. The molecule has 27 heavy (non-hydrogen) atoms. The monoisotopic (exact) mass is 486 g/mol. The third kappa shape index (κ3) is 7.00. The molecular weight excluding hydrogens is 455 g/mol. The molecule has 0 spiro atoms. The summed E-state index contributed by atoms with van der Waals surface area (Å²) in [6, 6.07) is 8.11. The number of halogens is 1. The van der Waals surface area contributed by atoms with Crippen molar-refractivity contribution in [3.63, 3.8) is 0 Å². The summed E-state index contributed by atoms with van der Waals surface area (Å²) < 4.78 is 7.19. The minimum Gasteiger partial charge on any atom is -0.497 e. The van der Waals surface area contributed by atoms with Gasteiger partial charge in [-0.3, -0.25) is 0 Å². The van der Waals surface area contributed by atoms with Crippen LogP contribution in [0.3, 0.4) is 0 Å². The summed E-state index contributed by atoms with van der Waals surface area (Å²) in [5, 5.41) is 11.7. The second-order valence-corrected chi connectivity index (χ2v) is 6.35. The first-order valence-electron chi connectivity index (χ1n) is 9.02. The number of ether oxygens (including phenoxy) is 1. The van der Waals surface area contributed by atoms with E-state index in [0.717, 1.165) is 49.3 Å². The summed E-state index contributed by atoms with van der Waals surface area (Å²) >= 11 is 0. The van der Waals surface area contributed by atoms with Crippen LogP contribution in [0.1, 0.15) is 37.0 Å². The molecule has 1 heterocycles. The molecule has 2 rings (SSSR count). The molecule has 0 saturated carbocycles. The number of aliphatic imine (C=N–C) groups is 1. The van der Waals surface area contributed by atoms with E-state index in [4.69, 9.17) is 9.73 Å². The maximum Gasteiger partial charge on any atom is 0.194 e. The predicted molar refractivity (Wildman–Crippen MR) is 120 cm³/mol. The van der Waals surface area contributed by atoms with Crippen LogP contribution in [0, 0.1) is 6.92 Å². The van der Waals surface area contributed by atoms with Crippen molar-refractivity contribution >= 4 is 29.9 Å². The van der Waals surface area contributed by atoms with Gasteiger partial charge in [0.05, 0.1) is 7.11 Å². The van der Waals surface area contributed by atoms with E-state index >= 15 is 0 Å². The highest BCUT2D eigenvalue weighted by Crippen LogP contribution is 2.12. The molecule has 150 valence electrons. The van der Waals surface area contributed by atoms with E-state index in [1.54, 1.807) is 7.11 Å². The first-order chi connectivity index (χ1) is 12.5. The Kier molecular flexibility index (Phi) is 10.1. The van der Waals surface area contributed by atoms with Crippen LogP contribution in [0.2, 0.25) is 0 Å². The predicted octanol–water partition coefficient (Wildman–Crippen LogP) is 3.13. The van der Waals surface area contributed by atoms with Crippen molar-refractivity contribution in [2.75, 3.05) is 20.7 Å². The number of methoxy groups -OCH3 is 1. The third-order valence-electron chi connectivity index (χ3n) is 4.31. The summed E-state index contributed by atoms with van der Waals surface area (Å²) in [5.41, 5.74) is 1.20. The van der Waals surface area contributed by atoms with Gasteiger partial charge in [0.2, 0.25) is 0 Å². The normalized spacial score (nSPS) is 11.1. The lowest BCUT2D eigenvalue weighted by Gasteiger charge is -2.22. The minimum absolute atomic E-state index is 0. The summed E-state index contributed by atoms with van der Waals surface area (Å²) in [6.07, 6.45) is 2.25. The number of hydrogen-bond acceptors (Lipinski definition) is 4. The number of nitrogens with zero attached hydrogens (tertiary/aromatic N) is 5. The van der Waals surface area contributed by atoms with Crippen molar-refractivity contribution in [1.82, 2.24) is 25.0 Å². The minimum atomic E-state index is 0. The average molecular weight is 486 g/mol. The van der Waals surface area contributed by atoms with E-state index in [1.165, 1.54) is 5.56 Å². The highest BCUT2D eigenvalue weighted by molar-refractivity contribution is 14.0. The first kappa shape index (κ1) is 23.2. The molecule has 0 unspecified atom stereocenters. The first-order valence-corrected chi connectivity index (χ1v) is 9.02. The number of unbranched alkanes of at least 4 members (excludes halogenated alkanes) is 1. The number of benzene rings is 1. The van der Waals surface area contributed by atoms with Gasteiger partial charge in [-0.05, 0) is 31.0 Å². The van der Waals surface area contributed by atoms with Crippen LogP contribution in [0.25, 0.3) is 0 Å². The van der Waals surface area contributed by atoms with Gasteiger partial charge in [0.15, 0.2) is 11.8 Å². The Hall–Kier alpha value is -1.84. The molecule has 0 saturated heterocycles. The molecule has 7 nitrogen and oxygen atoms in total. The molecular formula is C19H31IN6O. The number of aryl methyl sites for hydroxylation is 1. The van der Waals surface area contributed by atoms with Crippen LogP contribution in [0.4, 0.5) is 0 Å². The van der Waals surface area contributed by atoms with E-state index in [0.29, 0.717) is 6.54 Å². The van der Waals surface area contributed by atoms with Gasteiger partial charge >= 0.3 is 0 Å². The molecule has 0 fully saturated rings. The van der Waals surface area contributed by atoms with Gasteiger partial charge in [-0.25, -0.2) is 4.99 Å². The van der Waals surface area contributed by atoms with Crippen LogP contribution < -0.4 is 10.1 Å². The molecule has 1 aromatic heterocycles. The van der Waals surface area contributed by atoms with Crippen LogP contribution in [0.5, 0.6) is 5.75 Å². The Morgan fingerprint density at radius 3 is 2.52 bits per heavy atom. The highest BCUT2D eigenvalue weighted by atomic mass is 127. The van der Waals surface area contributed by atoms with Gasteiger partial charge in [0.1, 0.15) is 18.1 Å². The van der Waals surface area contributed by atoms with Gasteiger partial charge in [-0.2, -0.15) is 0 Å². The topological polar surface area (TPSA) is 67.6 Å². The standard InChI is InChI=1S/C19H30N6O.HI/c1-6-7-12-20-19(21-13-18-23-22-15(2)25(18)4)24(3)14-16-8-10-17(26-5)11-9-16;/h8-11H,6-7,12-14H2,1-5H3,(H,20,21);1H. The van der Waals surface area contributed by atoms with Gasteiger partial charge in [-0.1, -0.05) is 25.5 Å². The molecule has 1 N–H and O–H groups in total. The maximum atomic E-state index is 5.22. The Morgan fingerprint density at radius 2 is 1.96 bits per heavy atom. The van der Waals surface area contributed by atoms with E-state index in [-0.39, 0.29) is 24.0 Å². The quantitative estimate of drug-likeness (QED) is 0.269. The van der Waals surface area contributed by atoms with Crippen molar-refractivity contribution in [2.24, 2.45) is 12.0 Å². The number of rotatable bonds is 8. The summed E-state index contributed by atoms with van der Waals surface area (Å²) in [6.45, 7) is 6.29. The highest BCUT2D eigenvalue weighted by Gasteiger charge is 2.09. The van der Waals surface area contributed by atoms with Crippen molar-refractivity contribution in [3.8, 4) is 5.75 Å². The molecule has 8 heteroatoms. The smallest absolute Gasteiger partial charge is 0.194 e. The van der Waals surface area contributed by atoms with Crippen molar-refractivity contribution in [1.29, 1.82) is 0 Å². The number of hydrogen-bond donors (Lipinski definition) is 1. The Bertz CT molecular complexity index is 713. The number of aromatic nitrogens is 3. The van der Waals surface area contributed by atoms with Crippen molar-refractivity contribution < 1.29 is 4.74 Å². The molecule has 0 radical (unpaired) electrons. The molecule has 0 bridgehead atoms. The number of nitrogens with one attached hydrogen (secondary N) is 1. The molecule has 2 aromatic rings. The van der Waals surface area contributed by atoms with Gasteiger partial charge in [0.25, 0.3) is 0 Å². The fourth-order valence-electron chi connectivity index (χ4n) is 2.50. The second-order valence-electron chi connectivity index (χ2n) is 6.35. The van der Waals surface area contributed by atoms with E-state index < -0.39 is 0 Å². The van der Waals surface area contributed by atoms with Gasteiger partial charge in [0, 0.05) is 27.2 Å². The molecule has 0 atom stereocenters. The van der Waals surface area contributed by atoms with Gasteiger partial charge < -0.3 is 19.5 Å². The Morgan fingerprint density at radius 1 is 1.26 bits per heavy atom. The largest absolute Gasteiger partial charge is 0.497 e. The lowest BCUT2D eigenvalue weighted by atomic mass is 10.2. The van der Waals surface area contributed by atoms with E-state index in [9.17, 15) is 0 Å². The van der Waals surface area contributed by atoms with E-state index in [2.05, 4.69) is 39.5 Å². The maximum absolute atomic E-state index is 5.22. The molecule has 1 aromatic carbocycles. The average Bonchev–Trinajstić information content (AvgIpc) is 2.97. The SMILES string of the molecule is CCCCNC(=NCc1nnc(C)n1C)N(C)Cc1ccc(OC)cc1.I. The second kappa shape index (κ2) is 11.8. The lowest BCUT2D eigenvalue weighted by Crippen LogP contribution is -2.39.